The highest BCUT2D eigenvalue weighted by molar-refractivity contribution is 6.23. The second-order valence-electron chi connectivity index (χ2n) is 19.3. The molecule has 9 nitrogen and oxygen atoms in total. The summed E-state index contributed by atoms with van der Waals surface area (Å²) in [7, 11) is 4.62. The van der Waals surface area contributed by atoms with E-state index in [1.54, 1.807) is 0 Å². The van der Waals surface area contributed by atoms with Crippen LogP contribution in [0.25, 0.3) is 0 Å². The first-order valence-electron chi connectivity index (χ1n) is 21.5. The summed E-state index contributed by atoms with van der Waals surface area (Å²) in [5.74, 6) is 2.27. The number of unbranched alkanes of at least 4 members (excludes halogenated alkanes) is 3. The number of aromatic nitrogens is 3. The van der Waals surface area contributed by atoms with Gasteiger partial charge >= 0.3 is 0 Å². The van der Waals surface area contributed by atoms with Crippen LogP contribution in [0.5, 0.6) is 0 Å². The molecule has 4 rings (SSSR count). The molecule has 0 atom stereocenters. The first kappa shape index (κ1) is 44.5. The summed E-state index contributed by atoms with van der Waals surface area (Å²) in [6.07, 6.45) is 13.4. The lowest BCUT2D eigenvalue weighted by Gasteiger charge is -2.56. The number of morpholine rings is 1. The molecule has 0 N–H and O–H groups in total. The first-order valence-corrected chi connectivity index (χ1v) is 21.9. The third-order valence-electron chi connectivity index (χ3n) is 14.1. The molecule has 0 radical (unpaired) electrons. The quantitative estimate of drug-likeness (QED) is 0.114. The Morgan fingerprint density at radius 3 is 1.64 bits per heavy atom. The topological polar surface area (TPSA) is 64.1 Å². The third-order valence-corrected chi connectivity index (χ3v) is 14.8. The van der Waals surface area contributed by atoms with E-state index in [4.69, 9.17) is 31.3 Å². The fourth-order valence-corrected chi connectivity index (χ4v) is 10.1. The maximum Gasteiger partial charge on any atom is 0.230 e. The highest BCUT2D eigenvalue weighted by Gasteiger charge is 2.47. The van der Waals surface area contributed by atoms with Crippen molar-refractivity contribution in [1.29, 1.82) is 0 Å². The van der Waals surface area contributed by atoms with E-state index in [2.05, 4.69) is 122 Å². The molecule has 0 spiro atoms. The molecule has 53 heavy (non-hydrogen) atoms. The van der Waals surface area contributed by atoms with Gasteiger partial charge in [0.15, 0.2) is 5.82 Å². The van der Waals surface area contributed by atoms with E-state index < -0.39 is 4.87 Å². The molecule has 1 aromatic rings. The van der Waals surface area contributed by atoms with Crippen LogP contribution in [0.4, 0.5) is 11.9 Å². The van der Waals surface area contributed by atoms with Gasteiger partial charge in [-0.05, 0) is 140 Å². The molecule has 3 aliphatic rings. The molecule has 0 saturated carbocycles. The summed E-state index contributed by atoms with van der Waals surface area (Å²) < 4.78 is 5.71. The Labute approximate surface area is 331 Å². The molecule has 0 aromatic carbocycles. The Kier molecular flexibility index (Phi) is 15.0. The summed E-state index contributed by atoms with van der Waals surface area (Å²) in [6, 6.07) is 1.60. The van der Waals surface area contributed by atoms with Crippen molar-refractivity contribution in [2.24, 2.45) is 0 Å². The predicted molar refractivity (Wildman–Crippen MR) is 226 cm³/mol. The minimum absolute atomic E-state index is 0.0479. The lowest BCUT2D eigenvalue weighted by molar-refractivity contribution is -0.0579. The SMILES string of the molecule is CCC(CC)N(CCCCCCN(c1nc(N2CCOCC2)nc(C(Cl)(CC)CC)n1)C1CC(C)(C)N(C)C(C)(C)C1)C1CC(C)(C)N(C)C(C)(C)C1. The van der Waals surface area contributed by atoms with Crippen LogP contribution < -0.4 is 9.80 Å². The number of piperidine rings is 2. The predicted octanol–water partition coefficient (Wildman–Crippen LogP) is 9.12. The van der Waals surface area contributed by atoms with Gasteiger partial charge in [0, 0.05) is 59.9 Å². The lowest BCUT2D eigenvalue weighted by Crippen LogP contribution is -2.63. The number of rotatable bonds is 17. The van der Waals surface area contributed by atoms with E-state index in [9.17, 15) is 0 Å². The number of nitrogens with zero attached hydrogens (tertiary/aromatic N) is 8. The molecule has 10 heteroatoms. The van der Waals surface area contributed by atoms with Gasteiger partial charge in [-0.2, -0.15) is 15.0 Å². The lowest BCUT2D eigenvalue weighted by atomic mass is 9.76. The highest BCUT2D eigenvalue weighted by Crippen LogP contribution is 2.42. The number of hydrogen-bond acceptors (Lipinski definition) is 9. The number of alkyl halides is 1. The van der Waals surface area contributed by atoms with Gasteiger partial charge in [0.2, 0.25) is 11.9 Å². The van der Waals surface area contributed by atoms with Crippen LogP contribution in [-0.4, -0.2) is 123 Å². The second kappa shape index (κ2) is 17.9. The van der Waals surface area contributed by atoms with Crippen molar-refractivity contribution in [3.63, 3.8) is 0 Å². The van der Waals surface area contributed by atoms with Crippen LogP contribution in [0.15, 0.2) is 0 Å². The van der Waals surface area contributed by atoms with Gasteiger partial charge in [-0.1, -0.05) is 40.5 Å². The maximum absolute atomic E-state index is 7.31. The molecule has 0 aliphatic carbocycles. The minimum Gasteiger partial charge on any atom is -0.378 e. The van der Waals surface area contributed by atoms with Crippen LogP contribution in [-0.2, 0) is 9.61 Å². The van der Waals surface area contributed by atoms with Crippen molar-refractivity contribution in [1.82, 2.24) is 29.7 Å². The van der Waals surface area contributed by atoms with Gasteiger partial charge in [-0.15, -0.1) is 11.6 Å². The van der Waals surface area contributed by atoms with E-state index in [-0.39, 0.29) is 22.2 Å². The highest BCUT2D eigenvalue weighted by atomic mass is 35.5. The average molecular weight is 762 g/mol. The van der Waals surface area contributed by atoms with Crippen LogP contribution in [0.2, 0.25) is 0 Å². The number of ether oxygens (including phenoxy) is 1. The fraction of sp³-hybridized carbons (Fsp3) is 0.930. The number of anilines is 2. The van der Waals surface area contributed by atoms with Crippen molar-refractivity contribution in [3.8, 4) is 0 Å². The number of halogens is 1. The average Bonchev–Trinajstić information content (AvgIpc) is 3.11. The van der Waals surface area contributed by atoms with Gasteiger partial charge in [-0.3, -0.25) is 14.7 Å². The second-order valence-corrected chi connectivity index (χ2v) is 20.1. The molecule has 0 amide bonds. The molecule has 3 saturated heterocycles. The number of likely N-dealkylation sites (tertiary alicyclic amines) is 2. The van der Waals surface area contributed by atoms with E-state index in [1.165, 1.54) is 51.5 Å². The summed E-state index contributed by atoms with van der Waals surface area (Å²) in [6.45, 7) is 33.5. The largest absolute Gasteiger partial charge is 0.378 e. The van der Waals surface area contributed by atoms with Gasteiger partial charge in [0.25, 0.3) is 0 Å². The summed E-state index contributed by atoms with van der Waals surface area (Å²) in [4.78, 5) is 28.0. The summed E-state index contributed by atoms with van der Waals surface area (Å²) in [5, 5.41) is 0. The zero-order valence-electron chi connectivity index (χ0n) is 36.8. The van der Waals surface area contributed by atoms with E-state index in [1.807, 2.05) is 0 Å². The Balaban J connectivity index is 1.56. The van der Waals surface area contributed by atoms with E-state index in [0.29, 0.717) is 37.2 Å². The van der Waals surface area contributed by atoms with Crippen LogP contribution in [0.1, 0.15) is 166 Å². The van der Waals surface area contributed by atoms with Crippen molar-refractivity contribution < 1.29 is 4.74 Å². The zero-order valence-corrected chi connectivity index (χ0v) is 37.6. The molecule has 1 aromatic heterocycles. The van der Waals surface area contributed by atoms with Gasteiger partial charge in [-0.25, -0.2) is 0 Å². The monoisotopic (exact) mass is 761 g/mol. The van der Waals surface area contributed by atoms with Crippen LogP contribution in [0.3, 0.4) is 0 Å². The Morgan fingerprint density at radius 2 is 1.17 bits per heavy atom. The molecule has 3 aliphatic heterocycles. The van der Waals surface area contributed by atoms with E-state index >= 15 is 0 Å². The van der Waals surface area contributed by atoms with E-state index in [0.717, 1.165) is 63.6 Å². The van der Waals surface area contributed by atoms with Crippen molar-refractivity contribution >= 4 is 23.5 Å². The van der Waals surface area contributed by atoms with Gasteiger partial charge < -0.3 is 14.5 Å². The minimum atomic E-state index is -0.616. The maximum atomic E-state index is 7.31. The molecule has 4 heterocycles. The van der Waals surface area contributed by atoms with Crippen molar-refractivity contribution in [2.45, 2.75) is 205 Å². The molecule has 3 fully saturated rings. The molecular formula is C43H81ClN8O. The Bertz CT molecular complexity index is 1250. The van der Waals surface area contributed by atoms with Gasteiger partial charge in [0.1, 0.15) is 4.87 Å². The Hall–Kier alpha value is -1.26. The standard InChI is InChI=1S/C43H81ClN8O/c1-15-33(16-2)51(34-29-39(5,6)48(13)40(7,8)30-34)23-21-19-20-22-24-52(35-31-41(9,10)49(14)42(11,12)32-35)38-46-36(43(44,17-3)18-4)45-37(47-38)50-25-27-53-28-26-50/h33-35H,15-32H2,1-14H3. The molecule has 0 unspecified atom stereocenters. The molecular weight excluding hydrogens is 680 g/mol. The first-order chi connectivity index (χ1) is 24.7. The van der Waals surface area contributed by atoms with Crippen LogP contribution >= 0.6 is 11.6 Å². The third kappa shape index (κ3) is 10.4. The summed E-state index contributed by atoms with van der Waals surface area (Å²) >= 11 is 7.31. The Morgan fingerprint density at radius 1 is 0.698 bits per heavy atom. The normalized spacial score (nSPS) is 22.9. The number of hydrogen-bond donors (Lipinski definition) is 0. The summed E-state index contributed by atoms with van der Waals surface area (Å²) in [5.41, 5.74) is 0.495. The van der Waals surface area contributed by atoms with Crippen LogP contribution in [0, 0.1) is 0 Å². The van der Waals surface area contributed by atoms with Crippen molar-refractivity contribution in [2.75, 3.05) is 63.3 Å². The smallest absolute Gasteiger partial charge is 0.230 e. The van der Waals surface area contributed by atoms with Gasteiger partial charge in [0.05, 0.1) is 13.2 Å². The molecule has 0 bridgehead atoms. The molecule has 306 valence electrons. The zero-order chi connectivity index (χ0) is 39.4. The fourth-order valence-electron chi connectivity index (χ4n) is 10.0. The van der Waals surface area contributed by atoms with Crippen molar-refractivity contribution in [3.05, 3.63) is 5.82 Å².